The molecule has 2 rings (SSSR count). The molecule has 0 aliphatic carbocycles. The lowest BCUT2D eigenvalue weighted by atomic mass is 10.1. The van der Waals surface area contributed by atoms with E-state index in [9.17, 15) is 9.59 Å². The van der Waals surface area contributed by atoms with Crippen molar-refractivity contribution in [3.05, 3.63) is 64.2 Å². The van der Waals surface area contributed by atoms with Gasteiger partial charge in [-0.25, -0.2) is 4.79 Å². The molecule has 4 nitrogen and oxygen atoms in total. The normalized spacial score (nSPS) is 10.1. The standard InChI is InChI=1S/C17H16ClNO3/c1-11-5-3-4-6-12(11)9-16(20)19-13-7-8-15(18)14(10-13)17(21)22-2/h3-8,10H,9H2,1-2H3,(H,19,20). The average Bonchev–Trinajstić information content (AvgIpc) is 2.50. The summed E-state index contributed by atoms with van der Waals surface area (Å²) in [4.78, 5) is 23.7. The second kappa shape index (κ2) is 7.09. The summed E-state index contributed by atoms with van der Waals surface area (Å²) in [5.41, 5.74) is 2.74. The first-order valence-corrected chi connectivity index (χ1v) is 7.11. The summed E-state index contributed by atoms with van der Waals surface area (Å²) in [5, 5.41) is 3.04. The van der Waals surface area contributed by atoms with Crippen LogP contribution in [0.5, 0.6) is 0 Å². The van der Waals surface area contributed by atoms with Crippen molar-refractivity contribution in [2.45, 2.75) is 13.3 Å². The first-order valence-electron chi connectivity index (χ1n) is 6.73. The molecule has 0 saturated carbocycles. The largest absolute Gasteiger partial charge is 0.465 e. The maximum atomic E-state index is 12.1. The monoisotopic (exact) mass is 317 g/mol. The zero-order valence-corrected chi connectivity index (χ0v) is 13.1. The lowest BCUT2D eigenvalue weighted by Crippen LogP contribution is -2.15. The molecule has 0 heterocycles. The van der Waals surface area contributed by atoms with Crippen LogP contribution in [-0.4, -0.2) is 19.0 Å². The van der Waals surface area contributed by atoms with Crippen LogP contribution in [0, 0.1) is 6.92 Å². The molecule has 114 valence electrons. The first-order chi connectivity index (χ1) is 10.5. The Bertz CT molecular complexity index is 713. The predicted octanol–water partition coefficient (Wildman–Crippen LogP) is 3.62. The number of carbonyl (C=O) groups excluding carboxylic acids is 2. The fourth-order valence-corrected chi connectivity index (χ4v) is 2.25. The van der Waals surface area contributed by atoms with Crippen LogP contribution in [0.4, 0.5) is 5.69 Å². The molecule has 0 aliphatic rings. The molecule has 0 aromatic heterocycles. The lowest BCUT2D eigenvalue weighted by Gasteiger charge is -2.09. The maximum Gasteiger partial charge on any atom is 0.339 e. The van der Waals surface area contributed by atoms with Crippen LogP contribution in [-0.2, 0) is 16.0 Å². The molecule has 0 unspecified atom stereocenters. The van der Waals surface area contributed by atoms with Crippen molar-refractivity contribution >= 4 is 29.2 Å². The van der Waals surface area contributed by atoms with Crippen LogP contribution in [0.25, 0.3) is 0 Å². The molecule has 2 aromatic rings. The molecule has 0 bridgehead atoms. The van der Waals surface area contributed by atoms with Gasteiger partial charge in [0.1, 0.15) is 0 Å². The molecular weight excluding hydrogens is 302 g/mol. The van der Waals surface area contributed by atoms with Gasteiger partial charge in [0.2, 0.25) is 5.91 Å². The van der Waals surface area contributed by atoms with Gasteiger partial charge in [0.05, 0.1) is 24.1 Å². The van der Waals surface area contributed by atoms with Crippen molar-refractivity contribution in [1.29, 1.82) is 0 Å². The van der Waals surface area contributed by atoms with Gasteiger partial charge in [-0.2, -0.15) is 0 Å². The Labute approximate surface area is 134 Å². The number of amides is 1. The van der Waals surface area contributed by atoms with Gasteiger partial charge in [-0.15, -0.1) is 0 Å². The summed E-state index contributed by atoms with van der Waals surface area (Å²) in [6.07, 6.45) is 0.267. The van der Waals surface area contributed by atoms with Gasteiger partial charge < -0.3 is 10.1 Å². The second-order valence-corrected chi connectivity index (χ2v) is 5.24. The van der Waals surface area contributed by atoms with E-state index in [0.717, 1.165) is 11.1 Å². The molecule has 5 heteroatoms. The minimum absolute atomic E-state index is 0.160. The summed E-state index contributed by atoms with van der Waals surface area (Å²) in [6.45, 7) is 1.96. The summed E-state index contributed by atoms with van der Waals surface area (Å²) in [7, 11) is 1.28. The van der Waals surface area contributed by atoms with Crippen LogP contribution >= 0.6 is 11.6 Å². The lowest BCUT2D eigenvalue weighted by molar-refractivity contribution is -0.115. The highest BCUT2D eigenvalue weighted by Gasteiger charge is 2.13. The highest BCUT2D eigenvalue weighted by atomic mass is 35.5. The van der Waals surface area contributed by atoms with Crippen molar-refractivity contribution in [3.8, 4) is 0 Å². The molecule has 1 N–H and O–H groups in total. The first kappa shape index (κ1) is 16.0. The fraction of sp³-hybridized carbons (Fsp3) is 0.176. The van der Waals surface area contributed by atoms with Crippen LogP contribution in [0.3, 0.4) is 0 Å². The minimum Gasteiger partial charge on any atom is -0.465 e. The van der Waals surface area contributed by atoms with Crippen molar-refractivity contribution in [1.82, 2.24) is 0 Å². The fourth-order valence-electron chi connectivity index (χ4n) is 2.06. The van der Waals surface area contributed by atoms with Crippen molar-refractivity contribution in [3.63, 3.8) is 0 Å². The zero-order chi connectivity index (χ0) is 16.1. The summed E-state index contributed by atoms with van der Waals surface area (Å²) < 4.78 is 4.65. The number of hydrogen-bond acceptors (Lipinski definition) is 3. The Morgan fingerprint density at radius 2 is 1.91 bits per heavy atom. The van der Waals surface area contributed by atoms with E-state index in [4.69, 9.17) is 11.6 Å². The predicted molar refractivity (Wildman–Crippen MR) is 86.3 cm³/mol. The Kier molecular flexibility index (Phi) is 5.17. The third-order valence-corrected chi connectivity index (χ3v) is 3.60. The van der Waals surface area contributed by atoms with Crippen molar-refractivity contribution < 1.29 is 14.3 Å². The number of carbonyl (C=O) groups is 2. The molecule has 0 aliphatic heterocycles. The molecule has 22 heavy (non-hydrogen) atoms. The number of esters is 1. The van der Waals surface area contributed by atoms with Gasteiger partial charge >= 0.3 is 5.97 Å². The Morgan fingerprint density at radius 3 is 2.59 bits per heavy atom. The highest BCUT2D eigenvalue weighted by Crippen LogP contribution is 2.21. The smallest absolute Gasteiger partial charge is 0.339 e. The summed E-state index contributed by atoms with van der Waals surface area (Å²) in [5.74, 6) is -0.701. The third kappa shape index (κ3) is 3.86. The number of hydrogen-bond donors (Lipinski definition) is 1. The van der Waals surface area contributed by atoms with Crippen LogP contribution in [0.15, 0.2) is 42.5 Å². The molecule has 0 spiro atoms. The van der Waals surface area contributed by atoms with E-state index in [0.29, 0.717) is 5.69 Å². The van der Waals surface area contributed by atoms with Crippen LogP contribution in [0.1, 0.15) is 21.5 Å². The summed E-state index contributed by atoms with van der Waals surface area (Å²) >= 11 is 5.94. The quantitative estimate of drug-likeness (QED) is 0.876. The highest BCUT2D eigenvalue weighted by molar-refractivity contribution is 6.33. The molecule has 2 aromatic carbocycles. The van der Waals surface area contributed by atoms with E-state index in [2.05, 4.69) is 10.1 Å². The number of methoxy groups -OCH3 is 1. The number of halogens is 1. The van der Waals surface area contributed by atoms with Gasteiger partial charge in [0.15, 0.2) is 0 Å². The number of aryl methyl sites for hydroxylation is 1. The number of ether oxygens (including phenoxy) is 1. The van der Waals surface area contributed by atoms with Gasteiger partial charge in [0.25, 0.3) is 0 Å². The van der Waals surface area contributed by atoms with Crippen LogP contribution in [0.2, 0.25) is 5.02 Å². The van der Waals surface area contributed by atoms with Gasteiger partial charge in [-0.3, -0.25) is 4.79 Å². The Balaban J connectivity index is 2.12. The SMILES string of the molecule is COC(=O)c1cc(NC(=O)Cc2ccccc2C)ccc1Cl. The van der Waals surface area contributed by atoms with E-state index in [1.165, 1.54) is 13.2 Å². The summed E-state index contributed by atoms with van der Waals surface area (Å²) in [6, 6.07) is 12.4. The number of anilines is 1. The van der Waals surface area contributed by atoms with E-state index >= 15 is 0 Å². The number of benzene rings is 2. The Morgan fingerprint density at radius 1 is 1.18 bits per heavy atom. The number of nitrogens with one attached hydrogen (secondary N) is 1. The average molecular weight is 318 g/mol. The van der Waals surface area contributed by atoms with Gasteiger partial charge in [0, 0.05) is 5.69 Å². The topological polar surface area (TPSA) is 55.4 Å². The molecule has 0 fully saturated rings. The molecule has 0 saturated heterocycles. The molecule has 0 radical (unpaired) electrons. The van der Waals surface area contributed by atoms with Gasteiger partial charge in [-0.1, -0.05) is 35.9 Å². The van der Waals surface area contributed by atoms with Crippen molar-refractivity contribution in [2.24, 2.45) is 0 Å². The second-order valence-electron chi connectivity index (χ2n) is 4.84. The zero-order valence-electron chi connectivity index (χ0n) is 12.4. The van der Waals surface area contributed by atoms with Crippen LogP contribution < -0.4 is 5.32 Å². The molecular formula is C17H16ClNO3. The van der Waals surface area contributed by atoms with E-state index in [-0.39, 0.29) is 22.9 Å². The van der Waals surface area contributed by atoms with Crippen molar-refractivity contribution in [2.75, 3.05) is 12.4 Å². The third-order valence-electron chi connectivity index (χ3n) is 3.27. The Hall–Kier alpha value is -2.33. The molecule has 1 amide bonds. The number of rotatable bonds is 4. The van der Waals surface area contributed by atoms with E-state index in [1.807, 2.05) is 31.2 Å². The maximum absolute atomic E-state index is 12.1. The molecule has 0 atom stereocenters. The van der Waals surface area contributed by atoms with E-state index < -0.39 is 5.97 Å². The van der Waals surface area contributed by atoms with Gasteiger partial charge in [-0.05, 0) is 36.2 Å². The minimum atomic E-state index is -0.542. The van der Waals surface area contributed by atoms with E-state index in [1.54, 1.807) is 12.1 Å².